The summed E-state index contributed by atoms with van der Waals surface area (Å²) in [6.45, 7) is 11.3. The van der Waals surface area contributed by atoms with Crippen LogP contribution >= 0.6 is 0 Å². The molecule has 0 saturated carbocycles. The maximum atomic E-state index is 13.0. The molecule has 8 heteroatoms. The number of carbonyl (C=O) groups excluding carboxylic acids is 1. The fourth-order valence-corrected chi connectivity index (χ4v) is 3.66. The average Bonchev–Trinajstić information content (AvgIpc) is 2.74. The number of nitrogens with one attached hydrogen (secondary N) is 2. The molecule has 0 aliphatic carbocycles. The fraction of sp³-hybridized carbons (Fsp3) is 0.650. The molecule has 2 saturated heterocycles. The molecule has 1 unspecified atom stereocenters. The van der Waals surface area contributed by atoms with Crippen LogP contribution in [0.3, 0.4) is 0 Å². The summed E-state index contributed by atoms with van der Waals surface area (Å²) < 4.78 is 18.4. The van der Waals surface area contributed by atoms with E-state index in [4.69, 9.17) is 4.74 Å². The summed E-state index contributed by atoms with van der Waals surface area (Å²) in [5.74, 6) is -0.203. The number of ether oxygens (including phenoxy) is 1. The van der Waals surface area contributed by atoms with Crippen LogP contribution < -0.4 is 15.5 Å². The molecule has 2 amide bonds. The molecular formula is C20H32FN5O2. The van der Waals surface area contributed by atoms with Gasteiger partial charge in [-0.2, -0.15) is 0 Å². The van der Waals surface area contributed by atoms with Crippen LogP contribution in [-0.2, 0) is 4.74 Å². The predicted octanol–water partition coefficient (Wildman–Crippen LogP) is 0.968. The zero-order chi connectivity index (χ0) is 19.8. The van der Waals surface area contributed by atoms with Gasteiger partial charge >= 0.3 is 6.03 Å². The summed E-state index contributed by atoms with van der Waals surface area (Å²) in [7, 11) is 0. The summed E-state index contributed by atoms with van der Waals surface area (Å²) >= 11 is 0. The van der Waals surface area contributed by atoms with Crippen molar-refractivity contribution in [2.24, 2.45) is 0 Å². The van der Waals surface area contributed by atoms with E-state index < -0.39 is 0 Å². The summed E-state index contributed by atoms with van der Waals surface area (Å²) in [6.07, 6.45) is 0. The smallest absolute Gasteiger partial charge is 0.314 e. The first-order valence-corrected chi connectivity index (χ1v) is 10.2. The van der Waals surface area contributed by atoms with Crippen LogP contribution in [0.25, 0.3) is 0 Å². The number of benzene rings is 1. The molecule has 156 valence electrons. The van der Waals surface area contributed by atoms with E-state index in [9.17, 15) is 9.18 Å². The highest BCUT2D eigenvalue weighted by atomic mass is 19.1. The van der Waals surface area contributed by atoms with E-state index in [0.717, 1.165) is 64.7 Å². The molecule has 28 heavy (non-hydrogen) atoms. The summed E-state index contributed by atoms with van der Waals surface area (Å²) in [5.41, 5.74) is 1.06. The number of hydrogen-bond acceptors (Lipinski definition) is 5. The molecule has 0 spiro atoms. The molecule has 2 N–H and O–H groups in total. The molecule has 2 heterocycles. The van der Waals surface area contributed by atoms with Crippen molar-refractivity contribution in [3.8, 4) is 0 Å². The lowest BCUT2D eigenvalue weighted by molar-refractivity contribution is 0.0209. The fourth-order valence-electron chi connectivity index (χ4n) is 3.66. The van der Waals surface area contributed by atoms with Gasteiger partial charge in [0.2, 0.25) is 0 Å². The predicted molar refractivity (Wildman–Crippen MR) is 108 cm³/mol. The molecule has 2 fully saturated rings. The van der Waals surface area contributed by atoms with Gasteiger partial charge in [-0.05, 0) is 31.2 Å². The lowest BCUT2D eigenvalue weighted by Crippen LogP contribution is -2.51. The maximum Gasteiger partial charge on any atom is 0.314 e. The Labute approximate surface area is 166 Å². The maximum absolute atomic E-state index is 13.0. The topological polar surface area (TPSA) is 60.1 Å². The quantitative estimate of drug-likeness (QED) is 0.723. The van der Waals surface area contributed by atoms with E-state index in [-0.39, 0.29) is 11.8 Å². The van der Waals surface area contributed by atoms with Gasteiger partial charge in [0.05, 0.1) is 13.2 Å². The first-order chi connectivity index (χ1) is 13.6. The Morgan fingerprint density at radius 1 is 1.07 bits per heavy atom. The molecule has 0 aromatic heterocycles. The van der Waals surface area contributed by atoms with Gasteiger partial charge in [0, 0.05) is 70.6 Å². The zero-order valence-corrected chi connectivity index (χ0v) is 16.7. The Morgan fingerprint density at radius 3 is 2.43 bits per heavy atom. The van der Waals surface area contributed by atoms with Gasteiger partial charge in [-0.1, -0.05) is 0 Å². The highest BCUT2D eigenvalue weighted by molar-refractivity contribution is 5.73. The second-order valence-corrected chi connectivity index (χ2v) is 7.44. The Kier molecular flexibility index (Phi) is 7.88. The molecule has 1 aromatic carbocycles. The van der Waals surface area contributed by atoms with Crippen LogP contribution in [-0.4, -0.2) is 94.0 Å². The zero-order valence-electron chi connectivity index (χ0n) is 16.7. The third-order valence-electron chi connectivity index (χ3n) is 5.50. The van der Waals surface area contributed by atoms with Crippen LogP contribution in [0, 0.1) is 5.82 Å². The van der Waals surface area contributed by atoms with Crippen LogP contribution in [0.4, 0.5) is 14.9 Å². The van der Waals surface area contributed by atoms with Crippen molar-refractivity contribution in [2.75, 3.05) is 77.0 Å². The van der Waals surface area contributed by atoms with Crippen molar-refractivity contribution < 1.29 is 13.9 Å². The molecule has 0 radical (unpaired) electrons. The van der Waals surface area contributed by atoms with E-state index >= 15 is 0 Å². The van der Waals surface area contributed by atoms with Crippen molar-refractivity contribution in [1.82, 2.24) is 20.4 Å². The minimum absolute atomic E-state index is 0.106. The highest BCUT2D eigenvalue weighted by Crippen LogP contribution is 2.16. The van der Waals surface area contributed by atoms with Crippen LogP contribution in [0.2, 0.25) is 0 Å². The number of anilines is 1. The average molecular weight is 394 g/mol. The number of hydrogen-bond donors (Lipinski definition) is 2. The number of piperazine rings is 1. The second-order valence-electron chi connectivity index (χ2n) is 7.44. The third kappa shape index (κ3) is 6.32. The SMILES string of the molecule is CC(CNC(=O)NCCN1CCN(c2ccc(F)cc2)CC1)N1CCOCC1. The van der Waals surface area contributed by atoms with Crippen LogP contribution in [0.1, 0.15) is 6.92 Å². The molecule has 2 aliphatic rings. The number of morpholine rings is 1. The van der Waals surface area contributed by atoms with Gasteiger partial charge in [-0.3, -0.25) is 9.80 Å². The van der Waals surface area contributed by atoms with Crippen molar-refractivity contribution >= 4 is 11.7 Å². The summed E-state index contributed by atoms with van der Waals surface area (Å²) in [6, 6.07) is 6.87. The van der Waals surface area contributed by atoms with Gasteiger partial charge in [-0.15, -0.1) is 0 Å². The van der Waals surface area contributed by atoms with Gasteiger partial charge in [0.1, 0.15) is 5.82 Å². The number of halogens is 1. The summed E-state index contributed by atoms with van der Waals surface area (Å²) in [5, 5.41) is 5.91. The van der Waals surface area contributed by atoms with E-state index in [0.29, 0.717) is 19.1 Å². The minimum Gasteiger partial charge on any atom is -0.379 e. The summed E-state index contributed by atoms with van der Waals surface area (Å²) in [4.78, 5) is 19.0. The molecule has 3 rings (SSSR count). The molecular weight excluding hydrogens is 361 g/mol. The van der Waals surface area contributed by atoms with E-state index in [1.54, 1.807) is 0 Å². The highest BCUT2D eigenvalue weighted by Gasteiger charge is 2.18. The molecule has 7 nitrogen and oxygen atoms in total. The minimum atomic E-state index is -0.203. The monoisotopic (exact) mass is 393 g/mol. The molecule has 0 bridgehead atoms. The third-order valence-corrected chi connectivity index (χ3v) is 5.50. The van der Waals surface area contributed by atoms with Gasteiger partial charge in [0.15, 0.2) is 0 Å². The van der Waals surface area contributed by atoms with Crippen molar-refractivity contribution in [3.05, 3.63) is 30.1 Å². The van der Waals surface area contributed by atoms with Crippen LogP contribution in [0.5, 0.6) is 0 Å². The number of urea groups is 1. The number of amides is 2. The molecule has 1 atom stereocenters. The van der Waals surface area contributed by atoms with Gasteiger partial charge in [-0.25, -0.2) is 9.18 Å². The standard InChI is InChI=1S/C20H32FN5O2/c1-17(25-12-14-28-15-13-25)16-23-20(27)22-6-7-24-8-10-26(11-9-24)19-4-2-18(21)3-5-19/h2-5,17H,6-16H2,1H3,(H2,22,23,27). The second kappa shape index (κ2) is 10.6. The van der Waals surface area contributed by atoms with Crippen molar-refractivity contribution in [2.45, 2.75) is 13.0 Å². The molecule has 1 aromatic rings. The largest absolute Gasteiger partial charge is 0.379 e. The number of nitrogens with zero attached hydrogens (tertiary/aromatic N) is 3. The number of carbonyl (C=O) groups is 1. The van der Waals surface area contributed by atoms with E-state index in [2.05, 4.69) is 32.3 Å². The van der Waals surface area contributed by atoms with Gasteiger partial charge in [0.25, 0.3) is 0 Å². The first kappa shape index (κ1) is 20.8. The van der Waals surface area contributed by atoms with Crippen molar-refractivity contribution in [3.63, 3.8) is 0 Å². The van der Waals surface area contributed by atoms with E-state index in [1.165, 1.54) is 12.1 Å². The lowest BCUT2D eigenvalue weighted by Gasteiger charge is -2.36. The number of rotatable bonds is 7. The Hall–Kier alpha value is -1.90. The van der Waals surface area contributed by atoms with E-state index in [1.807, 2.05) is 12.1 Å². The van der Waals surface area contributed by atoms with Gasteiger partial charge < -0.3 is 20.3 Å². The normalized spacial score (nSPS) is 20.0. The molecule has 2 aliphatic heterocycles. The van der Waals surface area contributed by atoms with Crippen LogP contribution in [0.15, 0.2) is 24.3 Å². The Bertz CT molecular complexity index is 601. The Morgan fingerprint density at radius 2 is 1.75 bits per heavy atom. The Balaban J connectivity index is 1.27. The first-order valence-electron chi connectivity index (χ1n) is 10.2. The van der Waals surface area contributed by atoms with Crippen molar-refractivity contribution in [1.29, 1.82) is 0 Å². The lowest BCUT2D eigenvalue weighted by atomic mass is 10.2.